The predicted octanol–water partition coefficient (Wildman–Crippen LogP) is 3.92. The first kappa shape index (κ1) is 24.3. The molecule has 4 aromatic rings. The third-order valence-electron chi connectivity index (χ3n) is 6.46. The second kappa shape index (κ2) is 9.55. The van der Waals surface area contributed by atoms with Gasteiger partial charge in [-0.05, 0) is 25.1 Å². The van der Waals surface area contributed by atoms with E-state index in [-0.39, 0.29) is 28.5 Å². The van der Waals surface area contributed by atoms with Crippen LogP contribution in [-0.4, -0.2) is 51.6 Å². The van der Waals surface area contributed by atoms with E-state index in [9.17, 15) is 18.0 Å². The fraction of sp³-hybridized carbons (Fsp3) is 0.269. The number of amides is 1. The first-order valence-corrected chi connectivity index (χ1v) is 12.0. The molecule has 1 N–H and O–H groups in total. The van der Waals surface area contributed by atoms with Crippen molar-refractivity contribution in [1.29, 1.82) is 0 Å². The Morgan fingerprint density at radius 1 is 1.06 bits per heavy atom. The summed E-state index contributed by atoms with van der Waals surface area (Å²) >= 11 is 5.94. The summed E-state index contributed by atoms with van der Waals surface area (Å²) in [6.07, 6.45) is -4.69. The molecule has 3 heterocycles. The molecule has 2 aromatic carbocycles. The van der Waals surface area contributed by atoms with Gasteiger partial charge in [-0.25, -0.2) is 9.50 Å². The monoisotopic (exact) mass is 514 g/mol. The van der Waals surface area contributed by atoms with Crippen molar-refractivity contribution in [2.45, 2.75) is 19.6 Å². The van der Waals surface area contributed by atoms with E-state index >= 15 is 0 Å². The van der Waals surface area contributed by atoms with Crippen molar-refractivity contribution in [3.63, 3.8) is 0 Å². The van der Waals surface area contributed by atoms with E-state index < -0.39 is 11.9 Å². The summed E-state index contributed by atoms with van der Waals surface area (Å²) in [7, 11) is 0. The highest BCUT2D eigenvalue weighted by Gasteiger charge is 2.37. The van der Waals surface area contributed by atoms with Crippen molar-refractivity contribution in [3.05, 3.63) is 88.2 Å². The maximum Gasteiger partial charge on any atom is 0.433 e. The molecule has 1 aliphatic heterocycles. The summed E-state index contributed by atoms with van der Waals surface area (Å²) in [6.45, 7) is 4.90. The van der Waals surface area contributed by atoms with Crippen LogP contribution in [0.2, 0.25) is 5.02 Å². The average molecular weight is 515 g/mol. The molecule has 6 nitrogen and oxygen atoms in total. The van der Waals surface area contributed by atoms with Gasteiger partial charge in [0.05, 0.1) is 37.6 Å². The summed E-state index contributed by atoms with van der Waals surface area (Å²) in [5.74, 6) is -0.352. The number of rotatable bonds is 4. The third-order valence-corrected chi connectivity index (χ3v) is 6.71. The van der Waals surface area contributed by atoms with Crippen LogP contribution in [0.5, 0.6) is 0 Å². The minimum Gasteiger partial charge on any atom is -0.328 e. The molecule has 1 fully saturated rings. The number of piperazine rings is 1. The van der Waals surface area contributed by atoms with E-state index in [1.807, 2.05) is 18.2 Å². The van der Waals surface area contributed by atoms with Crippen LogP contribution in [0.3, 0.4) is 0 Å². The van der Waals surface area contributed by atoms with E-state index in [1.165, 1.54) is 10.5 Å². The standard InChI is InChI=1S/C26H23ClF3N5O/c1-17-23(25(36)34-13-11-33(12-14-34)16-18-5-3-2-4-6-18)24-31-21(19-7-9-20(27)10-8-19)15-22(26(28,29)30)35(24)32-17/h2-10,15H,11-14,16H2,1H3/p+1. The lowest BCUT2D eigenvalue weighted by Crippen LogP contribution is -3.13. The molecular formula is C26H24ClF3N5O+. The Balaban J connectivity index is 1.47. The number of aryl methyl sites for hydroxylation is 1. The molecule has 0 spiro atoms. The van der Waals surface area contributed by atoms with Crippen LogP contribution < -0.4 is 4.90 Å². The lowest BCUT2D eigenvalue weighted by molar-refractivity contribution is -0.917. The minimum atomic E-state index is -4.69. The molecule has 10 heteroatoms. The highest BCUT2D eigenvalue weighted by molar-refractivity contribution is 6.30. The average Bonchev–Trinajstić information content (AvgIpc) is 3.19. The molecule has 0 bridgehead atoms. The zero-order valence-electron chi connectivity index (χ0n) is 19.5. The Bertz CT molecular complexity index is 1400. The van der Waals surface area contributed by atoms with Gasteiger partial charge in [-0.3, -0.25) is 4.79 Å². The molecule has 0 unspecified atom stereocenters. The Kier molecular flexibility index (Phi) is 6.44. The number of fused-ring (bicyclic) bond motifs is 1. The molecule has 36 heavy (non-hydrogen) atoms. The number of nitrogens with one attached hydrogen (secondary N) is 1. The first-order valence-electron chi connectivity index (χ1n) is 11.6. The van der Waals surface area contributed by atoms with Gasteiger partial charge in [0, 0.05) is 16.1 Å². The fourth-order valence-electron chi connectivity index (χ4n) is 4.59. The van der Waals surface area contributed by atoms with E-state index in [0.717, 1.165) is 30.2 Å². The van der Waals surface area contributed by atoms with Crippen molar-refractivity contribution in [3.8, 4) is 11.3 Å². The molecule has 2 aromatic heterocycles. The Morgan fingerprint density at radius 2 is 1.72 bits per heavy atom. The second-order valence-corrected chi connectivity index (χ2v) is 9.37. The number of alkyl halides is 3. The van der Waals surface area contributed by atoms with Crippen LogP contribution in [-0.2, 0) is 12.7 Å². The van der Waals surface area contributed by atoms with Crippen LogP contribution >= 0.6 is 11.6 Å². The summed E-state index contributed by atoms with van der Waals surface area (Å²) in [5.41, 5.74) is 1.01. The van der Waals surface area contributed by atoms with Gasteiger partial charge in [0.25, 0.3) is 5.91 Å². The molecule has 0 atom stereocenters. The van der Waals surface area contributed by atoms with Crippen LogP contribution in [0.25, 0.3) is 16.9 Å². The summed E-state index contributed by atoms with van der Waals surface area (Å²) in [4.78, 5) is 21.0. The summed E-state index contributed by atoms with van der Waals surface area (Å²) in [5, 5.41) is 4.53. The first-order chi connectivity index (χ1) is 17.2. The van der Waals surface area contributed by atoms with Crippen molar-refractivity contribution >= 4 is 23.2 Å². The predicted molar refractivity (Wildman–Crippen MR) is 130 cm³/mol. The van der Waals surface area contributed by atoms with Gasteiger partial charge < -0.3 is 9.80 Å². The summed E-state index contributed by atoms with van der Waals surface area (Å²) < 4.78 is 42.7. The summed E-state index contributed by atoms with van der Waals surface area (Å²) in [6, 6.07) is 17.5. The minimum absolute atomic E-state index is 0.0950. The number of carbonyl (C=O) groups excluding carboxylic acids is 1. The molecule has 186 valence electrons. The molecule has 5 rings (SSSR count). The Labute approximate surface area is 210 Å². The molecule has 0 aliphatic carbocycles. The van der Waals surface area contributed by atoms with Crippen LogP contribution in [0.1, 0.15) is 27.3 Å². The molecule has 1 amide bonds. The van der Waals surface area contributed by atoms with Gasteiger partial charge >= 0.3 is 6.18 Å². The quantitative estimate of drug-likeness (QED) is 0.449. The number of benzene rings is 2. The van der Waals surface area contributed by atoms with Crippen LogP contribution in [0.4, 0.5) is 13.2 Å². The SMILES string of the molecule is Cc1nn2c(C(F)(F)F)cc(-c3ccc(Cl)cc3)nc2c1C(=O)N1CC[NH+](Cc2ccccc2)CC1. The third kappa shape index (κ3) is 4.81. The largest absolute Gasteiger partial charge is 0.433 e. The highest BCUT2D eigenvalue weighted by atomic mass is 35.5. The van der Waals surface area contributed by atoms with E-state index in [1.54, 1.807) is 36.1 Å². The highest BCUT2D eigenvalue weighted by Crippen LogP contribution is 2.34. The van der Waals surface area contributed by atoms with E-state index in [0.29, 0.717) is 23.7 Å². The van der Waals surface area contributed by atoms with Gasteiger partial charge in [0.1, 0.15) is 12.1 Å². The Hall–Kier alpha value is -3.43. The van der Waals surface area contributed by atoms with Gasteiger partial charge in [-0.1, -0.05) is 54.1 Å². The van der Waals surface area contributed by atoms with Crippen molar-refractivity contribution in [1.82, 2.24) is 19.5 Å². The fourth-order valence-corrected chi connectivity index (χ4v) is 4.72. The van der Waals surface area contributed by atoms with E-state index in [4.69, 9.17) is 11.6 Å². The number of hydrogen-bond acceptors (Lipinski definition) is 3. The van der Waals surface area contributed by atoms with Gasteiger partial charge in [0.2, 0.25) is 0 Å². The van der Waals surface area contributed by atoms with Gasteiger partial charge in [-0.2, -0.15) is 18.3 Å². The van der Waals surface area contributed by atoms with Crippen molar-refractivity contribution < 1.29 is 22.9 Å². The number of halogens is 4. The zero-order valence-corrected chi connectivity index (χ0v) is 20.3. The van der Waals surface area contributed by atoms with E-state index in [2.05, 4.69) is 22.2 Å². The number of hydrogen-bond donors (Lipinski definition) is 1. The normalized spacial score (nSPS) is 15.0. The van der Waals surface area contributed by atoms with Crippen LogP contribution in [0.15, 0.2) is 60.7 Å². The number of quaternary nitrogens is 1. The number of carbonyl (C=O) groups is 1. The maximum atomic E-state index is 14.0. The molecule has 1 aliphatic rings. The zero-order chi connectivity index (χ0) is 25.4. The van der Waals surface area contributed by atoms with Gasteiger partial charge in [0.15, 0.2) is 11.3 Å². The van der Waals surface area contributed by atoms with Crippen LogP contribution in [0, 0.1) is 6.92 Å². The van der Waals surface area contributed by atoms with Crippen molar-refractivity contribution in [2.75, 3.05) is 26.2 Å². The topological polar surface area (TPSA) is 54.9 Å². The molecular weight excluding hydrogens is 491 g/mol. The lowest BCUT2D eigenvalue weighted by Gasteiger charge is -2.32. The number of nitrogens with zero attached hydrogens (tertiary/aromatic N) is 4. The van der Waals surface area contributed by atoms with Gasteiger partial charge in [-0.15, -0.1) is 0 Å². The smallest absolute Gasteiger partial charge is 0.328 e. The molecule has 1 saturated heterocycles. The molecule has 0 radical (unpaired) electrons. The molecule has 0 saturated carbocycles. The Morgan fingerprint density at radius 3 is 2.36 bits per heavy atom. The van der Waals surface area contributed by atoms with Crippen molar-refractivity contribution in [2.24, 2.45) is 0 Å². The number of aromatic nitrogens is 3. The maximum absolute atomic E-state index is 14.0. The lowest BCUT2D eigenvalue weighted by atomic mass is 10.1. The second-order valence-electron chi connectivity index (χ2n) is 8.93.